The zero-order chi connectivity index (χ0) is 29.0. The van der Waals surface area contributed by atoms with Gasteiger partial charge in [0.1, 0.15) is 11.9 Å². The van der Waals surface area contributed by atoms with Crippen molar-refractivity contribution in [2.45, 2.75) is 85.5 Å². The summed E-state index contributed by atoms with van der Waals surface area (Å²) < 4.78 is 31.9. The highest BCUT2D eigenvalue weighted by Gasteiger charge is 2.68. The number of rotatable bonds is 7. The van der Waals surface area contributed by atoms with Crippen molar-refractivity contribution >= 4 is 24.3 Å². The quantitative estimate of drug-likeness (QED) is 0.345. The van der Waals surface area contributed by atoms with Crippen molar-refractivity contribution in [3.8, 4) is 5.75 Å². The van der Waals surface area contributed by atoms with E-state index in [4.69, 9.17) is 14.1 Å². The van der Waals surface area contributed by atoms with Crippen molar-refractivity contribution in [1.82, 2.24) is 5.32 Å². The van der Waals surface area contributed by atoms with Gasteiger partial charge in [0, 0.05) is 35.2 Å². The number of esters is 1. The Bertz CT molecular complexity index is 1170. The molecule has 3 fully saturated rings. The fourth-order valence-electron chi connectivity index (χ4n) is 8.64. The van der Waals surface area contributed by atoms with Gasteiger partial charge < -0.3 is 29.6 Å². The van der Waals surface area contributed by atoms with E-state index in [1.807, 2.05) is 13.8 Å². The maximum absolute atomic E-state index is 15.0. The molecule has 3 N–H and O–H groups in total. The molecule has 5 rings (SSSR count). The molecule has 0 amide bonds. The molecule has 1 heterocycles. The van der Waals surface area contributed by atoms with Crippen LogP contribution in [0.3, 0.4) is 0 Å². The van der Waals surface area contributed by atoms with Crippen LogP contribution in [0, 0.1) is 39.8 Å². The molecule has 1 aromatic rings. The molecule has 0 radical (unpaired) electrons. The lowest BCUT2D eigenvalue weighted by Gasteiger charge is -2.62. The van der Waals surface area contributed by atoms with Gasteiger partial charge in [-0.05, 0) is 61.1 Å². The second kappa shape index (κ2) is 10.7. The Kier molecular flexibility index (Phi) is 7.87. The largest absolute Gasteiger partial charge is 0.494 e. The number of ether oxygens (including phenoxy) is 2. The molecule has 3 aliphatic carbocycles. The number of halogens is 1. The summed E-state index contributed by atoms with van der Waals surface area (Å²) in [7, 11) is -1.37. The standard InChI is InChI=1S/C30H43BFNO7/c1-6-33-16-28(4)13-22(40-23(35)15-38-21-8-7-19-14-39-31(37)24(19)25(21)32)29(5)17(2)9-11-30(18(3)27(28)36)12-10-20(34)26(29)30/h7-8,17-18,22,26-27,33,36-37H,6,9-16H2,1-5H3/t17-,18-,22+,26-,27-,28-,29-,30-/m0/s1. The molecule has 0 aromatic heterocycles. The van der Waals surface area contributed by atoms with E-state index in [0.29, 0.717) is 24.9 Å². The van der Waals surface area contributed by atoms with E-state index in [-0.39, 0.29) is 46.8 Å². The normalized spacial score (nSPS) is 38.9. The molecule has 0 spiro atoms. The molecule has 1 aliphatic heterocycles. The van der Waals surface area contributed by atoms with Crippen LogP contribution in [0.25, 0.3) is 0 Å². The fourth-order valence-corrected chi connectivity index (χ4v) is 8.64. The Morgan fingerprint density at radius 1 is 1.27 bits per heavy atom. The predicted octanol–water partition coefficient (Wildman–Crippen LogP) is 2.75. The Hall–Kier alpha value is -2.01. The lowest BCUT2D eigenvalue weighted by atomic mass is 9.44. The molecular weight excluding hydrogens is 516 g/mol. The van der Waals surface area contributed by atoms with Crippen molar-refractivity contribution < 1.29 is 38.2 Å². The lowest BCUT2D eigenvalue weighted by Crippen LogP contribution is -2.64. The number of aliphatic hydroxyl groups is 1. The molecule has 8 atom stereocenters. The summed E-state index contributed by atoms with van der Waals surface area (Å²) in [5.74, 6) is -1.67. The number of hydrogen-bond donors (Lipinski definition) is 3. The van der Waals surface area contributed by atoms with E-state index in [0.717, 1.165) is 25.8 Å². The zero-order valence-corrected chi connectivity index (χ0v) is 24.3. The van der Waals surface area contributed by atoms with E-state index in [1.165, 1.54) is 6.07 Å². The number of nitrogens with one attached hydrogen (secondary N) is 1. The average molecular weight is 559 g/mol. The molecule has 1 aromatic carbocycles. The van der Waals surface area contributed by atoms with Gasteiger partial charge in [0.25, 0.3) is 0 Å². The second-order valence-corrected chi connectivity index (χ2v) is 13.2. The van der Waals surface area contributed by atoms with E-state index in [9.17, 15) is 19.7 Å². The number of carbonyl (C=O) groups excluding carboxylic acids is 2. The summed E-state index contributed by atoms with van der Waals surface area (Å²) in [6.45, 7) is 11.3. The first-order valence-corrected chi connectivity index (χ1v) is 14.7. The zero-order valence-electron chi connectivity index (χ0n) is 24.3. The summed E-state index contributed by atoms with van der Waals surface area (Å²) in [4.78, 5) is 26.9. The molecule has 3 saturated carbocycles. The summed E-state index contributed by atoms with van der Waals surface area (Å²) in [6.07, 6.45) is 2.02. The summed E-state index contributed by atoms with van der Waals surface area (Å²) >= 11 is 0. The third kappa shape index (κ3) is 4.50. The van der Waals surface area contributed by atoms with Crippen LogP contribution in [0.15, 0.2) is 12.1 Å². The van der Waals surface area contributed by atoms with Gasteiger partial charge in [-0.1, -0.05) is 40.7 Å². The van der Waals surface area contributed by atoms with Gasteiger partial charge in [-0.3, -0.25) is 4.79 Å². The third-order valence-corrected chi connectivity index (χ3v) is 11.2. The molecule has 10 heteroatoms. The Morgan fingerprint density at radius 2 is 2.02 bits per heavy atom. The fraction of sp³-hybridized carbons (Fsp3) is 0.733. The molecule has 220 valence electrons. The number of carbonyl (C=O) groups is 2. The van der Waals surface area contributed by atoms with Crippen LogP contribution in [0.4, 0.5) is 4.39 Å². The van der Waals surface area contributed by atoms with Crippen LogP contribution in [0.5, 0.6) is 5.75 Å². The highest BCUT2D eigenvalue weighted by Crippen LogP contribution is 2.67. The number of ketones is 1. The minimum absolute atomic E-state index is 0.0211. The van der Waals surface area contributed by atoms with Crippen LogP contribution in [0.1, 0.15) is 72.3 Å². The van der Waals surface area contributed by atoms with E-state index < -0.39 is 48.5 Å². The minimum atomic E-state index is -1.37. The topological polar surface area (TPSA) is 114 Å². The second-order valence-electron chi connectivity index (χ2n) is 13.2. The molecule has 8 nitrogen and oxygen atoms in total. The van der Waals surface area contributed by atoms with Gasteiger partial charge in [-0.2, -0.15) is 0 Å². The average Bonchev–Trinajstić information content (AvgIpc) is 3.48. The first-order chi connectivity index (χ1) is 18.9. The number of Topliss-reactive ketones (excluding diaryl/α,β-unsaturated/α-hetero) is 1. The summed E-state index contributed by atoms with van der Waals surface area (Å²) in [5, 5.41) is 25.2. The van der Waals surface area contributed by atoms with Crippen molar-refractivity contribution in [3.63, 3.8) is 0 Å². The Balaban J connectivity index is 1.45. The number of fused-ring (bicyclic) bond motifs is 1. The van der Waals surface area contributed by atoms with E-state index in [1.54, 1.807) is 6.07 Å². The lowest BCUT2D eigenvalue weighted by molar-refractivity contribution is -0.212. The van der Waals surface area contributed by atoms with Crippen molar-refractivity contribution in [3.05, 3.63) is 23.5 Å². The summed E-state index contributed by atoms with van der Waals surface area (Å²) in [5.41, 5.74) is -1.02. The maximum atomic E-state index is 15.0. The molecule has 2 bridgehead atoms. The predicted molar refractivity (Wildman–Crippen MR) is 147 cm³/mol. The number of benzene rings is 1. The van der Waals surface area contributed by atoms with Gasteiger partial charge >= 0.3 is 13.1 Å². The van der Waals surface area contributed by atoms with E-state index in [2.05, 4.69) is 26.1 Å². The number of aliphatic hydroxyl groups excluding tert-OH is 1. The van der Waals surface area contributed by atoms with E-state index >= 15 is 4.39 Å². The van der Waals surface area contributed by atoms with Gasteiger partial charge in [0.2, 0.25) is 0 Å². The summed E-state index contributed by atoms with van der Waals surface area (Å²) in [6, 6.07) is 3.02. The van der Waals surface area contributed by atoms with Gasteiger partial charge in [0.15, 0.2) is 18.2 Å². The Morgan fingerprint density at radius 3 is 2.75 bits per heavy atom. The minimum Gasteiger partial charge on any atom is -0.479 e. The van der Waals surface area contributed by atoms with Crippen LogP contribution in [-0.2, 0) is 25.6 Å². The molecule has 0 saturated heterocycles. The van der Waals surface area contributed by atoms with Gasteiger partial charge in [0.05, 0.1) is 12.7 Å². The monoisotopic (exact) mass is 559 g/mol. The smallest absolute Gasteiger partial charge is 0.479 e. The number of hydrogen-bond acceptors (Lipinski definition) is 8. The first kappa shape index (κ1) is 29.5. The molecular formula is C30H43BFNO7. The van der Waals surface area contributed by atoms with Crippen LogP contribution < -0.4 is 15.5 Å². The van der Waals surface area contributed by atoms with Crippen LogP contribution in [0.2, 0.25) is 0 Å². The Labute approximate surface area is 236 Å². The highest BCUT2D eigenvalue weighted by atomic mass is 19.1. The molecule has 4 aliphatic rings. The third-order valence-electron chi connectivity index (χ3n) is 11.2. The highest BCUT2D eigenvalue weighted by molar-refractivity contribution is 6.61. The van der Waals surface area contributed by atoms with Crippen LogP contribution >= 0.6 is 0 Å². The van der Waals surface area contributed by atoms with Gasteiger partial charge in [-0.15, -0.1) is 0 Å². The van der Waals surface area contributed by atoms with Crippen LogP contribution in [-0.4, -0.2) is 60.9 Å². The van der Waals surface area contributed by atoms with Crippen molar-refractivity contribution in [2.24, 2.45) is 34.0 Å². The molecule has 0 unspecified atom stereocenters. The van der Waals surface area contributed by atoms with Gasteiger partial charge in [-0.25, -0.2) is 9.18 Å². The SMILES string of the molecule is CCNC[C@]1(C)C[C@@H](OC(=O)COc2ccc3c(c2F)B(O)OC3)[C@@]2(C)[C@@H]3C(=O)CC[C@@]3(CC[C@@H]2C)[C@@H](C)[C@@H]1O. The van der Waals surface area contributed by atoms with Crippen molar-refractivity contribution in [1.29, 1.82) is 0 Å². The molecule has 40 heavy (non-hydrogen) atoms. The maximum Gasteiger partial charge on any atom is 0.494 e. The first-order valence-electron chi connectivity index (χ1n) is 14.7. The van der Waals surface area contributed by atoms with Crippen molar-refractivity contribution in [2.75, 3.05) is 19.7 Å².